The first-order valence-electron chi connectivity index (χ1n) is 0. The molecule has 0 radical (unpaired) electrons. The average molecular weight is 257 g/mol. The van der Waals surface area contributed by atoms with Crippen molar-refractivity contribution >= 4 is 45.5 Å². The van der Waals surface area contributed by atoms with Gasteiger partial charge in [0.05, 0.1) is 0 Å². The molecule has 0 spiro atoms. The maximum atomic E-state index is 0. The molecule has 4 heteroatoms. The van der Waals surface area contributed by atoms with Crippen LogP contribution in [0.1, 0.15) is 0 Å². The molecule has 0 aliphatic heterocycles. The summed E-state index contributed by atoms with van der Waals surface area (Å²) in [5, 5.41) is 0. The predicted molar refractivity (Wildman–Crippen MR) is 13.0 cm³/mol. The Kier molecular flexibility index (Phi) is 105. The summed E-state index contributed by atoms with van der Waals surface area (Å²) in [6.07, 6.45) is 0. The maximum absolute atomic E-state index is 0. The van der Waals surface area contributed by atoms with Gasteiger partial charge >= 0.3 is 114 Å². The Morgan fingerprint density at radius 3 is 0.750 bits per heavy atom. The molecule has 16 valence electrons. The van der Waals surface area contributed by atoms with Gasteiger partial charge in [-0.1, -0.05) is 0 Å². The van der Waals surface area contributed by atoms with Crippen LogP contribution < -0.4 is 68.9 Å². The minimum absolute atomic E-state index is 0. The fourth-order valence-corrected chi connectivity index (χ4v) is 0. The first-order chi connectivity index (χ1) is 0. The van der Waals surface area contributed by atoms with Gasteiger partial charge in [0.1, 0.15) is 0 Å². The van der Waals surface area contributed by atoms with Gasteiger partial charge in [-0.05, 0) is 0 Å². The van der Waals surface area contributed by atoms with Crippen LogP contribution in [0.3, 0.4) is 0 Å². The Labute approximate surface area is 121 Å². The monoisotopic (exact) mass is 257 g/mol. The molecule has 0 aromatic rings. The molecule has 0 aromatic carbocycles. The minimum atomic E-state index is 0. The van der Waals surface area contributed by atoms with E-state index in [9.17, 15) is 0 Å². The quantitative estimate of drug-likeness (QED) is 0.390. The molecule has 4 N–H and O–H groups in total. The van der Waals surface area contributed by atoms with Crippen LogP contribution in [-0.2, 0) is 0 Å². The third-order valence-corrected chi connectivity index (χ3v) is 0. The van der Waals surface area contributed by atoms with Crippen LogP contribution in [-0.4, -0.2) is 56.4 Å². The van der Waals surface area contributed by atoms with E-state index >= 15 is 0 Å². The van der Waals surface area contributed by atoms with Gasteiger partial charge in [0.15, 0.2) is 0 Å². The standard InChI is InChI=1S/Cs.2H2O.Sr/h;2*1H2;/q+1;;;+2. The van der Waals surface area contributed by atoms with E-state index in [-0.39, 0.29) is 125 Å². The Hall–Kier alpha value is 3.45. The van der Waals surface area contributed by atoms with Crippen molar-refractivity contribution in [3.63, 3.8) is 0 Å². The SMILES string of the molecule is O.O.[Cs+].[Sr+2]. The van der Waals surface area contributed by atoms with Gasteiger partial charge in [-0.25, -0.2) is 0 Å². The summed E-state index contributed by atoms with van der Waals surface area (Å²) in [4.78, 5) is 0. The summed E-state index contributed by atoms with van der Waals surface area (Å²) in [5.74, 6) is 0. The summed E-state index contributed by atoms with van der Waals surface area (Å²) in [6, 6.07) is 0. The fraction of sp³-hybridized carbons (Fsp3) is 0. The van der Waals surface area contributed by atoms with E-state index in [1.54, 1.807) is 0 Å². The molecule has 0 bridgehead atoms. The van der Waals surface area contributed by atoms with Gasteiger partial charge in [-0.15, -0.1) is 0 Å². The van der Waals surface area contributed by atoms with E-state index in [1.165, 1.54) is 0 Å². The van der Waals surface area contributed by atoms with Crippen LogP contribution in [0, 0.1) is 0 Å². The van der Waals surface area contributed by atoms with E-state index < -0.39 is 0 Å². The molecule has 0 saturated carbocycles. The van der Waals surface area contributed by atoms with Crippen LogP contribution >= 0.6 is 0 Å². The van der Waals surface area contributed by atoms with E-state index in [2.05, 4.69) is 0 Å². The molecule has 0 aliphatic carbocycles. The number of rotatable bonds is 0. The number of hydrogen-bond acceptors (Lipinski definition) is 0. The van der Waals surface area contributed by atoms with E-state index in [0.717, 1.165) is 0 Å². The largest absolute Gasteiger partial charge is 2.00 e. The first kappa shape index (κ1) is 26.0. The van der Waals surface area contributed by atoms with Crippen molar-refractivity contribution in [3.8, 4) is 0 Å². The normalized spacial score (nSPS) is 0. The second-order valence-corrected chi connectivity index (χ2v) is 0. The van der Waals surface area contributed by atoms with E-state index in [4.69, 9.17) is 0 Å². The molecule has 0 amide bonds. The molecule has 2 nitrogen and oxygen atoms in total. The average Bonchev–Trinajstić information content (AvgIpc) is 0. The van der Waals surface area contributed by atoms with Crippen molar-refractivity contribution in [3.05, 3.63) is 0 Å². The van der Waals surface area contributed by atoms with Gasteiger partial charge in [0, 0.05) is 0 Å². The van der Waals surface area contributed by atoms with Crippen LogP contribution in [0.25, 0.3) is 0 Å². The molecule has 0 unspecified atom stereocenters. The van der Waals surface area contributed by atoms with Crippen molar-refractivity contribution in [2.24, 2.45) is 0 Å². The predicted octanol–water partition coefficient (Wildman–Crippen LogP) is -5.03. The van der Waals surface area contributed by atoms with Crippen LogP contribution in [0.2, 0.25) is 0 Å². The van der Waals surface area contributed by atoms with Crippen molar-refractivity contribution in [2.45, 2.75) is 0 Å². The molecule has 0 fully saturated rings. The van der Waals surface area contributed by atoms with Gasteiger partial charge in [0.2, 0.25) is 0 Å². The summed E-state index contributed by atoms with van der Waals surface area (Å²) < 4.78 is 0. The zero-order valence-corrected chi connectivity index (χ0v) is 12.5. The first-order valence-corrected chi connectivity index (χ1v) is 0. The second-order valence-electron chi connectivity index (χ2n) is 0. The molecule has 0 atom stereocenters. The van der Waals surface area contributed by atoms with E-state index in [0.29, 0.717) is 0 Å². The summed E-state index contributed by atoms with van der Waals surface area (Å²) in [7, 11) is 0. The zero-order chi connectivity index (χ0) is 0. The Balaban J connectivity index is 0. The molecule has 4 heavy (non-hydrogen) atoms. The van der Waals surface area contributed by atoms with Crippen molar-refractivity contribution in [1.29, 1.82) is 0 Å². The Morgan fingerprint density at radius 1 is 0.750 bits per heavy atom. The van der Waals surface area contributed by atoms with Crippen molar-refractivity contribution in [2.75, 3.05) is 0 Å². The van der Waals surface area contributed by atoms with Gasteiger partial charge in [-0.2, -0.15) is 0 Å². The summed E-state index contributed by atoms with van der Waals surface area (Å²) >= 11 is 0. The third kappa shape index (κ3) is 9.07. The summed E-state index contributed by atoms with van der Waals surface area (Å²) in [5.41, 5.74) is 0. The van der Waals surface area contributed by atoms with Crippen LogP contribution in [0.5, 0.6) is 0 Å². The maximum Gasteiger partial charge on any atom is 2.00 e. The fourth-order valence-electron chi connectivity index (χ4n) is 0. The van der Waals surface area contributed by atoms with Gasteiger partial charge in [0.25, 0.3) is 0 Å². The molecule has 0 rings (SSSR count). The molecular weight excluding hydrogens is 253 g/mol. The third-order valence-electron chi connectivity index (χ3n) is 0. The minimum Gasteiger partial charge on any atom is -0.412 e. The van der Waals surface area contributed by atoms with Gasteiger partial charge < -0.3 is 11.0 Å². The smallest absolute Gasteiger partial charge is 0.412 e. The van der Waals surface area contributed by atoms with Crippen LogP contribution in [0.4, 0.5) is 0 Å². The summed E-state index contributed by atoms with van der Waals surface area (Å²) in [6.45, 7) is 0. The van der Waals surface area contributed by atoms with E-state index in [1.807, 2.05) is 0 Å². The molecule has 0 heterocycles. The molecular formula is H4CsO2Sr+3. The Bertz CT molecular complexity index is 6.00. The van der Waals surface area contributed by atoms with Crippen LogP contribution in [0.15, 0.2) is 0 Å². The number of hydrogen-bond donors (Lipinski definition) is 0. The van der Waals surface area contributed by atoms with Crippen molar-refractivity contribution < 1.29 is 79.8 Å². The Morgan fingerprint density at radius 2 is 0.750 bits per heavy atom. The molecule has 0 saturated heterocycles. The molecule has 0 aromatic heterocycles. The second kappa shape index (κ2) is 16.1. The topological polar surface area (TPSA) is 63.0 Å². The van der Waals surface area contributed by atoms with Crippen molar-refractivity contribution in [1.82, 2.24) is 0 Å². The van der Waals surface area contributed by atoms with Gasteiger partial charge in [-0.3, -0.25) is 0 Å². The molecule has 0 aliphatic rings. The zero-order valence-electron chi connectivity index (χ0n) is 2.71.